The minimum atomic E-state index is -0.361. The second-order valence-corrected chi connectivity index (χ2v) is 4.88. The Balaban J connectivity index is 2.47. The molecule has 2 aromatic carbocycles. The van der Waals surface area contributed by atoms with Gasteiger partial charge >= 0.3 is 5.97 Å². The number of carbonyl (C=O) groups is 1. The van der Waals surface area contributed by atoms with E-state index >= 15 is 0 Å². The summed E-state index contributed by atoms with van der Waals surface area (Å²) in [4.78, 5) is 12.2. The Hall–Kier alpha value is -2.81. The van der Waals surface area contributed by atoms with Crippen LogP contribution in [0.4, 0.5) is 5.69 Å². The molecule has 2 rings (SSSR count). The van der Waals surface area contributed by atoms with Gasteiger partial charge in [-0.1, -0.05) is 55.6 Å². The Bertz CT molecular complexity index is 704. The molecule has 0 bridgehead atoms. The number of nitrogens with one attached hydrogen (secondary N) is 1. The first-order valence-electron chi connectivity index (χ1n) is 7.02. The first kappa shape index (κ1) is 15.6. The van der Waals surface area contributed by atoms with Gasteiger partial charge in [0.1, 0.15) is 6.61 Å². The molecule has 0 aliphatic heterocycles. The van der Waals surface area contributed by atoms with Crippen LogP contribution in [0.25, 0.3) is 11.1 Å². The average molecular weight is 293 g/mol. The third-order valence-electron chi connectivity index (χ3n) is 3.04. The monoisotopic (exact) mass is 293 g/mol. The molecule has 0 spiro atoms. The summed E-state index contributed by atoms with van der Waals surface area (Å²) in [5, 5.41) is 3.22. The molecule has 0 saturated heterocycles. The van der Waals surface area contributed by atoms with Gasteiger partial charge in [-0.25, -0.2) is 4.79 Å². The molecule has 0 amide bonds. The second-order valence-electron chi connectivity index (χ2n) is 4.88. The fourth-order valence-electron chi connectivity index (χ4n) is 2.17. The van der Waals surface area contributed by atoms with Crippen LogP contribution in [0.2, 0.25) is 0 Å². The maximum absolute atomic E-state index is 12.2. The zero-order valence-corrected chi connectivity index (χ0v) is 12.6. The van der Waals surface area contributed by atoms with Gasteiger partial charge in [-0.2, -0.15) is 0 Å². The Morgan fingerprint density at radius 1 is 1.14 bits per heavy atom. The molecule has 0 radical (unpaired) electrons. The molecule has 0 aromatic heterocycles. The number of para-hydroxylation sites is 1. The van der Waals surface area contributed by atoms with Crippen LogP contribution in [0.5, 0.6) is 0 Å². The molecule has 112 valence electrons. The van der Waals surface area contributed by atoms with Crippen molar-refractivity contribution in [2.45, 2.75) is 6.92 Å². The highest BCUT2D eigenvalue weighted by Crippen LogP contribution is 2.31. The summed E-state index contributed by atoms with van der Waals surface area (Å²) < 4.78 is 5.17. The van der Waals surface area contributed by atoms with Crippen LogP contribution >= 0.6 is 0 Å². The summed E-state index contributed by atoms with van der Waals surface area (Å²) in [6.07, 6.45) is 1.55. The van der Waals surface area contributed by atoms with E-state index in [4.69, 9.17) is 4.74 Å². The van der Waals surface area contributed by atoms with Crippen LogP contribution in [0.1, 0.15) is 17.3 Å². The van der Waals surface area contributed by atoms with Gasteiger partial charge in [0.15, 0.2) is 0 Å². The van der Waals surface area contributed by atoms with E-state index in [0.717, 1.165) is 22.5 Å². The summed E-state index contributed by atoms with van der Waals surface area (Å²) in [5.74, 6) is -0.361. The molecule has 0 unspecified atom stereocenters. The number of carbonyl (C=O) groups excluding carboxylic acids is 1. The standard InChI is InChI=1S/C19H19NO2/c1-4-13-22-19(21)17-11-6-5-9-15(17)16-10-7-8-12-18(16)20-14(2)3/h4-12,20H,1-2,13H2,3H3. The summed E-state index contributed by atoms with van der Waals surface area (Å²) >= 11 is 0. The Morgan fingerprint density at radius 2 is 1.77 bits per heavy atom. The van der Waals surface area contributed by atoms with E-state index < -0.39 is 0 Å². The molecule has 3 heteroatoms. The van der Waals surface area contributed by atoms with Crippen molar-refractivity contribution in [3.8, 4) is 11.1 Å². The largest absolute Gasteiger partial charge is 0.458 e. The van der Waals surface area contributed by atoms with Crippen molar-refractivity contribution in [3.05, 3.63) is 79.0 Å². The number of esters is 1. The van der Waals surface area contributed by atoms with Gasteiger partial charge in [0, 0.05) is 16.9 Å². The molecule has 0 aliphatic carbocycles. The van der Waals surface area contributed by atoms with Gasteiger partial charge in [-0.05, 0) is 24.6 Å². The first-order valence-corrected chi connectivity index (χ1v) is 7.02. The Labute approximate surface area is 130 Å². The lowest BCUT2D eigenvalue weighted by atomic mass is 9.98. The highest BCUT2D eigenvalue weighted by atomic mass is 16.5. The quantitative estimate of drug-likeness (QED) is 0.622. The molecule has 0 atom stereocenters. The maximum atomic E-state index is 12.2. The summed E-state index contributed by atoms with van der Waals surface area (Å²) in [6, 6.07) is 15.2. The maximum Gasteiger partial charge on any atom is 0.339 e. The van der Waals surface area contributed by atoms with E-state index in [-0.39, 0.29) is 12.6 Å². The fraction of sp³-hybridized carbons (Fsp3) is 0.105. The van der Waals surface area contributed by atoms with Crippen molar-refractivity contribution in [2.75, 3.05) is 11.9 Å². The molecular formula is C19H19NO2. The summed E-state index contributed by atoms with van der Waals surface area (Å²) in [6.45, 7) is 9.51. The number of rotatable bonds is 6. The molecule has 0 saturated carbocycles. The molecule has 0 heterocycles. The minimum absolute atomic E-state index is 0.193. The lowest BCUT2D eigenvalue weighted by Crippen LogP contribution is -2.07. The van der Waals surface area contributed by atoms with Crippen LogP contribution in [-0.4, -0.2) is 12.6 Å². The van der Waals surface area contributed by atoms with Gasteiger partial charge in [0.2, 0.25) is 0 Å². The van der Waals surface area contributed by atoms with Gasteiger partial charge in [-0.15, -0.1) is 0 Å². The molecule has 2 aromatic rings. The normalized spacial score (nSPS) is 9.86. The predicted octanol–water partition coefficient (Wildman–Crippen LogP) is 4.64. The Morgan fingerprint density at radius 3 is 2.45 bits per heavy atom. The van der Waals surface area contributed by atoms with Crippen LogP contribution in [0.15, 0.2) is 73.5 Å². The minimum Gasteiger partial charge on any atom is -0.458 e. The lowest BCUT2D eigenvalue weighted by Gasteiger charge is -2.14. The van der Waals surface area contributed by atoms with Crippen molar-refractivity contribution < 1.29 is 9.53 Å². The fourth-order valence-corrected chi connectivity index (χ4v) is 2.17. The third-order valence-corrected chi connectivity index (χ3v) is 3.04. The number of hydrogen-bond acceptors (Lipinski definition) is 3. The predicted molar refractivity (Wildman–Crippen MR) is 90.8 cm³/mol. The van der Waals surface area contributed by atoms with E-state index in [1.165, 1.54) is 0 Å². The number of benzene rings is 2. The van der Waals surface area contributed by atoms with Crippen molar-refractivity contribution in [1.29, 1.82) is 0 Å². The van der Waals surface area contributed by atoms with Crippen molar-refractivity contribution in [3.63, 3.8) is 0 Å². The summed E-state index contributed by atoms with van der Waals surface area (Å²) in [7, 11) is 0. The number of allylic oxidation sites excluding steroid dienone is 1. The smallest absolute Gasteiger partial charge is 0.339 e. The van der Waals surface area contributed by atoms with Crippen LogP contribution in [0, 0.1) is 0 Å². The molecule has 3 nitrogen and oxygen atoms in total. The average Bonchev–Trinajstić information content (AvgIpc) is 2.52. The molecule has 0 fully saturated rings. The SMILES string of the molecule is C=CCOC(=O)c1ccccc1-c1ccccc1NC(=C)C. The molecule has 1 N–H and O–H groups in total. The molecular weight excluding hydrogens is 274 g/mol. The van der Waals surface area contributed by atoms with E-state index in [0.29, 0.717) is 5.56 Å². The van der Waals surface area contributed by atoms with E-state index in [1.54, 1.807) is 12.1 Å². The van der Waals surface area contributed by atoms with Gasteiger partial charge in [0.05, 0.1) is 5.56 Å². The first-order chi connectivity index (χ1) is 10.6. The lowest BCUT2D eigenvalue weighted by molar-refractivity contribution is 0.0550. The van der Waals surface area contributed by atoms with Crippen molar-refractivity contribution in [2.24, 2.45) is 0 Å². The number of ether oxygens (including phenoxy) is 1. The second kappa shape index (κ2) is 7.27. The summed E-state index contributed by atoms with van der Waals surface area (Å²) in [5.41, 5.74) is 4.01. The molecule has 0 aliphatic rings. The van der Waals surface area contributed by atoms with Gasteiger partial charge in [-0.3, -0.25) is 0 Å². The third kappa shape index (κ3) is 3.64. The number of anilines is 1. The zero-order chi connectivity index (χ0) is 15.9. The number of hydrogen-bond donors (Lipinski definition) is 1. The van der Waals surface area contributed by atoms with Gasteiger partial charge in [0.25, 0.3) is 0 Å². The van der Waals surface area contributed by atoms with Gasteiger partial charge < -0.3 is 10.1 Å². The van der Waals surface area contributed by atoms with E-state index in [9.17, 15) is 4.79 Å². The Kier molecular flexibility index (Phi) is 5.15. The van der Waals surface area contributed by atoms with Crippen molar-refractivity contribution >= 4 is 11.7 Å². The highest BCUT2D eigenvalue weighted by molar-refractivity contribution is 5.99. The van der Waals surface area contributed by atoms with Crippen LogP contribution in [-0.2, 0) is 4.74 Å². The zero-order valence-electron chi connectivity index (χ0n) is 12.6. The topological polar surface area (TPSA) is 38.3 Å². The molecule has 22 heavy (non-hydrogen) atoms. The van der Waals surface area contributed by atoms with Crippen LogP contribution < -0.4 is 5.32 Å². The van der Waals surface area contributed by atoms with Crippen molar-refractivity contribution in [1.82, 2.24) is 0 Å². The van der Waals surface area contributed by atoms with E-state index in [2.05, 4.69) is 18.5 Å². The van der Waals surface area contributed by atoms with E-state index in [1.807, 2.05) is 49.4 Å². The highest BCUT2D eigenvalue weighted by Gasteiger charge is 2.15. The van der Waals surface area contributed by atoms with Crippen LogP contribution in [0.3, 0.4) is 0 Å².